The summed E-state index contributed by atoms with van der Waals surface area (Å²) in [5.74, 6) is -1.84. The zero-order chi connectivity index (χ0) is 13.1. The molecule has 96 valence electrons. The average molecular weight is 243 g/mol. The molecule has 0 unspecified atom stereocenters. The maximum Gasteiger partial charge on any atom is 0.200 e. The molecule has 17 heavy (non-hydrogen) atoms. The predicted octanol–water partition coefficient (Wildman–Crippen LogP) is 2.93. The van der Waals surface area contributed by atoms with Crippen LogP contribution in [-0.4, -0.2) is 32.1 Å². The summed E-state index contributed by atoms with van der Waals surface area (Å²) in [6.07, 6.45) is 0. The van der Waals surface area contributed by atoms with Gasteiger partial charge in [0, 0.05) is 12.0 Å². The van der Waals surface area contributed by atoms with Crippen molar-refractivity contribution in [3.05, 3.63) is 29.8 Å². The van der Waals surface area contributed by atoms with Gasteiger partial charge in [0.15, 0.2) is 11.6 Å². The quantitative estimate of drug-likeness (QED) is 0.788. The summed E-state index contributed by atoms with van der Waals surface area (Å²) in [6, 6.07) is 3.95. The predicted molar refractivity (Wildman–Crippen MR) is 64.2 cm³/mol. The van der Waals surface area contributed by atoms with Gasteiger partial charge < -0.3 is 9.64 Å². The number of hydrogen-bond acceptors (Lipinski definition) is 2. The largest absolute Gasteiger partial charge is 0.490 e. The SMILES string of the molecule is CN(C)CC(C)(C)COc1cccc(F)c1F. The van der Waals surface area contributed by atoms with Crippen LogP contribution >= 0.6 is 0 Å². The van der Waals surface area contributed by atoms with Crippen molar-refractivity contribution in [2.75, 3.05) is 27.2 Å². The number of ether oxygens (including phenoxy) is 1. The van der Waals surface area contributed by atoms with Crippen LogP contribution in [0.1, 0.15) is 13.8 Å². The highest BCUT2D eigenvalue weighted by Crippen LogP contribution is 2.23. The monoisotopic (exact) mass is 243 g/mol. The summed E-state index contributed by atoms with van der Waals surface area (Å²) in [5.41, 5.74) is -0.123. The molecule has 0 saturated carbocycles. The number of benzene rings is 1. The van der Waals surface area contributed by atoms with Crippen LogP contribution in [0.3, 0.4) is 0 Å². The van der Waals surface area contributed by atoms with Gasteiger partial charge >= 0.3 is 0 Å². The van der Waals surface area contributed by atoms with Crippen molar-refractivity contribution in [2.45, 2.75) is 13.8 Å². The van der Waals surface area contributed by atoms with E-state index in [-0.39, 0.29) is 11.2 Å². The fourth-order valence-corrected chi connectivity index (χ4v) is 1.77. The zero-order valence-electron chi connectivity index (χ0n) is 10.8. The fourth-order valence-electron chi connectivity index (χ4n) is 1.77. The molecular weight excluding hydrogens is 224 g/mol. The molecule has 0 spiro atoms. The Morgan fingerprint density at radius 3 is 2.47 bits per heavy atom. The molecule has 1 aromatic rings. The Morgan fingerprint density at radius 1 is 1.24 bits per heavy atom. The molecule has 0 atom stereocenters. The highest BCUT2D eigenvalue weighted by Gasteiger charge is 2.21. The number of rotatable bonds is 5. The van der Waals surface area contributed by atoms with Gasteiger partial charge in [-0.3, -0.25) is 0 Å². The standard InChI is InChI=1S/C13H19F2NO/c1-13(2,8-16(3)4)9-17-11-7-5-6-10(14)12(11)15/h5-7H,8-9H2,1-4H3. The summed E-state index contributed by atoms with van der Waals surface area (Å²) < 4.78 is 31.6. The molecule has 2 nitrogen and oxygen atoms in total. The van der Waals surface area contributed by atoms with Gasteiger partial charge in [0.2, 0.25) is 5.82 Å². The lowest BCUT2D eigenvalue weighted by Crippen LogP contribution is -2.33. The molecular formula is C13H19F2NO. The van der Waals surface area contributed by atoms with Crippen molar-refractivity contribution in [1.82, 2.24) is 4.90 Å². The fraction of sp³-hybridized carbons (Fsp3) is 0.538. The van der Waals surface area contributed by atoms with Gasteiger partial charge in [0.25, 0.3) is 0 Å². The Balaban J connectivity index is 2.64. The summed E-state index contributed by atoms with van der Waals surface area (Å²) in [5, 5.41) is 0. The maximum atomic E-state index is 13.3. The molecule has 4 heteroatoms. The second kappa shape index (κ2) is 5.45. The molecule has 0 aliphatic rings. The molecule has 0 N–H and O–H groups in total. The van der Waals surface area contributed by atoms with Crippen molar-refractivity contribution in [3.63, 3.8) is 0 Å². The van der Waals surface area contributed by atoms with Crippen LogP contribution < -0.4 is 4.74 Å². The highest BCUT2D eigenvalue weighted by atomic mass is 19.2. The van der Waals surface area contributed by atoms with Crippen LogP contribution in [-0.2, 0) is 0 Å². The lowest BCUT2D eigenvalue weighted by atomic mass is 9.94. The van der Waals surface area contributed by atoms with E-state index in [0.717, 1.165) is 12.6 Å². The molecule has 0 heterocycles. The zero-order valence-corrected chi connectivity index (χ0v) is 10.8. The van der Waals surface area contributed by atoms with E-state index in [2.05, 4.69) is 0 Å². The van der Waals surface area contributed by atoms with Crippen LogP contribution in [0, 0.1) is 17.0 Å². The first-order chi connectivity index (χ1) is 7.82. The Hall–Kier alpha value is -1.16. The molecule has 0 fully saturated rings. The Morgan fingerprint density at radius 2 is 1.88 bits per heavy atom. The van der Waals surface area contributed by atoms with E-state index < -0.39 is 11.6 Å². The number of nitrogens with zero attached hydrogens (tertiary/aromatic N) is 1. The Bertz CT molecular complexity index is 378. The van der Waals surface area contributed by atoms with Crippen LogP contribution in [0.25, 0.3) is 0 Å². The number of halogens is 2. The maximum absolute atomic E-state index is 13.3. The van der Waals surface area contributed by atoms with Crippen molar-refractivity contribution in [1.29, 1.82) is 0 Å². The van der Waals surface area contributed by atoms with E-state index >= 15 is 0 Å². The molecule has 0 bridgehead atoms. The second-order valence-corrected chi connectivity index (χ2v) is 5.24. The van der Waals surface area contributed by atoms with E-state index in [1.54, 1.807) is 0 Å². The first kappa shape index (κ1) is 13.9. The summed E-state index contributed by atoms with van der Waals surface area (Å²) >= 11 is 0. The third-order valence-electron chi connectivity index (χ3n) is 2.28. The van der Waals surface area contributed by atoms with Crippen LogP contribution in [0.15, 0.2) is 18.2 Å². The summed E-state index contributed by atoms with van der Waals surface area (Å²) in [6.45, 7) is 5.18. The third-order valence-corrected chi connectivity index (χ3v) is 2.28. The van der Waals surface area contributed by atoms with Crippen molar-refractivity contribution in [3.8, 4) is 5.75 Å². The van der Waals surface area contributed by atoms with Crippen molar-refractivity contribution < 1.29 is 13.5 Å². The minimum Gasteiger partial charge on any atom is -0.490 e. The molecule has 0 saturated heterocycles. The first-order valence-electron chi connectivity index (χ1n) is 5.53. The lowest BCUT2D eigenvalue weighted by Gasteiger charge is -2.28. The molecule has 0 aliphatic carbocycles. The van der Waals surface area contributed by atoms with E-state index in [4.69, 9.17) is 4.74 Å². The molecule has 1 aromatic carbocycles. The van der Waals surface area contributed by atoms with Gasteiger partial charge in [-0.15, -0.1) is 0 Å². The van der Waals surface area contributed by atoms with Crippen LogP contribution in [0.4, 0.5) is 8.78 Å². The molecule has 0 radical (unpaired) electrons. The van der Waals surface area contributed by atoms with Crippen molar-refractivity contribution in [2.24, 2.45) is 5.41 Å². The van der Waals surface area contributed by atoms with E-state index in [9.17, 15) is 8.78 Å². The molecule has 1 rings (SSSR count). The van der Waals surface area contributed by atoms with Gasteiger partial charge in [-0.1, -0.05) is 19.9 Å². The second-order valence-electron chi connectivity index (χ2n) is 5.24. The Kier molecular flexibility index (Phi) is 4.46. The summed E-state index contributed by atoms with van der Waals surface area (Å²) in [7, 11) is 3.93. The molecule has 0 amide bonds. The van der Waals surface area contributed by atoms with Crippen molar-refractivity contribution >= 4 is 0 Å². The average Bonchev–Trinajstić information content (AvgIpc) is 2.18. The smallest absolute Gasteiger partial charge is 0.200 e. The van der Waals surface area contributed by atoms with Gasteiger partial charge in [0.1, 0.15) is 0 Å². The molecule has 0 aromatic heterocycles. The number of hydrogen-bond donors (Lipinski definition) is 0. The van der Waals surface area contributed by atoms with Gasteiger partial charge in [0.05, 0.1) is 6.61 Å². The summed E-state index contributed by atoms with van der Waals surface area (Å²) in [4.78, 5) is 2.03. The van der Waals surface area contributed by atoms with Crippen LogP contribution in [0.5, 0.6) is 5.75 Å². The van der Waals surface area contributed by atoms with Gasteiger partial charge in [-0.25, -0.2) is 4.39 Å². The van der Waals surface area contributed by atoms with E-state index in [1.165, 1.54) is 12.1 Å². The highest BCUT2D eigenvalue weighted by molar-refractivity contribution is 5.25. The minimum absolute atomic E-state index is 0.0307. The minimum atomic E-state index is -0.923. The normalized spacial score (nSPS) is 11.9. The third kappa shape index (κ3) is 4.30. The lowest BCUT2D eigenvalue weighted by molar-refractivity contribution is 0.137. The van der Waals surface area contributed by atoms with E-state index in [0.29, 0.717) is 6.61 Å². The van der Waals surface area contributed by atoms with Crippen LogP contribution in [0.2, 0.25) is 0 Å². The Labute approximate surface area is 101 Å². The van der Waals surface area contributed by atoms with E-state index in [1.807, 2.05) is 32.8 Å². The van der Waals surface area contributed by atoms with Gasteiger partial charge in [-0.05, 0) is 26.2 Å². The topological polar surface area (TPSA) is 12.5 Å². The molecule has 0 aliphatic heterocycles. The van der Waals surface area contributed by atoms with Gasteiger partial charge in [-0.2, -0.15) is 4.39 Å². The first-order valence-corrected chi connectivity index (χ1v) is 5.53.